The number of primary amides is 1. The number of carbonyl (C=O) groups excluding carboxylic acids is 1. The summed E-state index contributed by atoms with van der Waals surface area (Å²) in [6.07, 6.45) is 6.58. The molecule has 4 nitrogen and oxygen atoms in total. The van der Waals surface area contributed by atoms with Crippen molar-refractivity contribution in [2.75, 3.05) is 20.1 Å². The standard InChI is InChI=1S/C14H29N3O/c1-4-6-7-10-17(3)12-8-9-14(11-12,13(15)18)16-5-2/h12,16H,4-11H2,1-3H3,(H2,15,18). The lowest BCUT2D eigenvalue weighted by Crippen LogP contribution is -2.54. The van der Waals surface area contributed by atoms with Crippen molar-refractivity contribution in [1.82, 2.24) is 10.2 Å². The first-order valence-electron chi connectivity index (χ1n) is 7.31. The van der Waals surface area contributed by atoms with Crippen LogP contribution in [0.2, 0.25) is 0 Å². The van der Waals surface area contributed by atoms with E-state index in [1.54, 1.807) is 0 Å². The van der Waals surface area contributed by atoms with Gasteiger partial charge in [0.2, 0.25) is 5.91 Å². The Morgan fingerprint density at radius 3 is 2.72 bits per heavy atom. The summed E-state index contributed by atoms with van der Waals surface area (Å²) in [5.41, 5.74) is 5.12. The van der Waals surface area contributed by atoms with Crippen LogP contribution in [0.15, 0.2) is 0 Å². The third-order valence-electron chi connectivity index (χ3n) is 4.21. The highest BCUT2D eigenvalue weighted by Gasteiger charge is 2.44. The summed E-state index contributed by atoms with van der Waals surface area (Å²) >= 11 is 0. The summed E-state index contributed by atoms with van der Waals surface area (Å²) < 4.78 is 0. The van der Waals surface area contributed by atoms with E-state index in [0.717, 1.165) is 32.4 Å². The zero-order valence-corrected chi connectivity index (χ0v) is 12.2. The molecule has 106 valence electrons. The van der Waals surface area contributed by atoms with Gasteiger partial charge in [-0.15, -0.1) is 0 Å². The molecule has 0 aliphatic heterocycles. The number of carbonyl (C=O) groups is 1. The summed E-state index contributed by atoms with van der Waals surface area (Å²) in [6, 6.07) is 0.494. The second-order valence-corrected chi connectivity index (χ2v) is 5.56. The lowest BCUT2D eigenvalue weighted by molar-refractivity contribution is -0.124. The van der Waals surface area contributed by atoms with Crippen molar-refractivity contribution in [1.29, 1.82) is 0 Å². The van der Waals surface area contributed by atoms with Crippen LogP contribution < -0.4 is 11.1 Å². The first-order valence-corrected chi connectivity index (χ1v) is 7.31. The molecule has 0 aromatic carbocycles. The number of rotatable bonds is 8. The van der Waals surface area contributed by atoms with E-state index in [-0.39, 0.29) is 5.91 Å². The minimum atomic E-state index is -0.460. The van der Waals surface area contributed by atoms with Gasteiger partial charge >= 0.3 is 0 Å². The summed E-state index contributed by atoms with van der Waals surface area (Å²) in [6.45, 7) is 6.18. The molecular weight excluding hydrogens is 226 g/mol. The van der Waals surface area contributed by atoms with Gasteiger partial charge < -0.3 is 16.0 Å². The van der Waals surface area contributed by atoms with E-state index in [1.165, 1.54) is 19.3 Å². The van der Waals surface area contributed by atoms with Crippen molar-refractivity contribution in [3.63, 3.8) is 0 Å². The zero-order chi connectivity index (χ0) is 13.6. The molecule has 1 saturated carbocycles. The highest BCUT2D eigenvalue weighted by Crippen LogP contribution is 2.32. The number of hydrogen-bond donors (Lipinski definition) is 2. The first kappa shape index (κ1) is 15.4. The number of nitrogens with one attached hydrogen (secondary N) is 1. The number of unbranched alkanes of at least 4 members (excludes halogenated alkanes) is 2. The predicted molar refractivity (Wildman–Crippen MR) is 75.4 cm³/mol. The normalized spacial score (nSPS) is 27.9. The fourth-order valence-electron chi connectivity index (χ4n) is 3.00. The molecule has 1 fully saturated rings. The van der Waals surface area contributed by atoms with E-state index in [1.807, 2.05) is 6.92 Å². The Morgan fingerprint density at radius 2 is 2.17 bits per heavy atom. The molecule has 2 atom stereocenters. The van der Waals surface area contributed by atoms with Crippen LogP contribution in [0.4, 0.5) is 0 Å². The molecule has 4 heteroatoms. The van der Waals surface area contributed by atoms with Crippen molar-refractivity contribution < 1.29 is 4.79 Å². The Balaban J connectivity index is 2.49. The van der Waals surface area contributed by atoms with Crippen LogP contribution in [0.25, 0.3) is 0 Å². The lowest BCUT2D eigenvalue weighted by atomic mass is 9.96. The van der Waals surface area contributed by atoms with Crippen molar-refractivity contribution in [2.24, 2.45) is 5.73 Å². The van der Waals surface area contributed by atoms with Gasteiger partial charge in [-0.2, -0.15) is 0 Å². The monoisotopic (exact) mass is 255 g/mol. The molecule has 0 saturated heterocycles. The Labute approximate surface area is 111 Å². The Bertz CT molecular complexity index is 270. The summed E-state index contributed by atoms with van der Waals surface area (Å²) in [5.74, 6) is -0.186. The van der Waals surface area contributed by atoms with Crippen LogP contribution in [0.5, 0.6) is 0 Å². The third-order valence-corrected chi connectivity index (χ3v) is 4.21. The maximum atomic E-state index is 11.7. The van der Waals surface area contributed by atoms with Crippen LogP contribution in [0.3, 0.4) is 0 Å². The topological polar surface area (TPSA) is 58.4 Å². The zero-order valence-electron chi connectivity index (χ0n) is 12.2. The average molecular weight is 255 g/mol. The molecule has 2 unspecified atom stereocenters. The van der Waals surface area contributed by atoms with Gasteiger partial charge in [0, 0.05) is 6.04 Å². The SMILES string of the molecule is CCCCCN(C)C1CCC(NCC)(C(N)=O)C1. The number of hydrogen-bond acceptors (Lipinski definition) is 3. The molecule has 0 aromatic heterocycles. The summed E-state index contributed by atoms with van der Waals surface area (Å²) in [4.78, 5) is 14.1. The maximum absolute atomic E-state index is 11.7. The molecule has 1 aliphatic carbocycles. The smallest absolute Gasteiger partial charge is 0.237 e. The molecule has 1 rings (SSSR count). The third kappa shape index (κ3) is 3.69. The minimum Gasteiger partial charge on any atom is -0.368 e. The minimum absolute atomic E-state index is 0.186. The molecule has 3 N–H and O–H groups in total. The van der Waals surface area contributed by atoms with Crippen LogP contribution in [-0.2, 0) is 4.79 Å². The van der Waals surface area contributed by atoms with E-state index in [4.69, 9.17) is 5.73 Å². The number of amides is 1. The maximum Gasteiger partial charge on any atom is 0.237 e. The van der Waals surface area contributed by atoms with Gasteiger partial charge in [-0.25, -0.2) is 0 Å². The molecule has 1 aliphatic rings. The summed E-state index contributed by atoms with van der Waals surface area (Å²) in [5, 5.41) is 3.31. The van der Waals surface area contributed by atoms with Crippen molar-refractivity contribution >= 4 is 5.91 Å². The lowest BCUT2D eigenvalue weighted by Gasteiger charge is -2.29. The number of nitrogens with two attached hydrogens (primary N) is 1. The van der Waals surface area contributed by atoms with E-state index in [0.29, 0.717) is 6.04 Å². The highest BCUT2D eigenvalue weighted by atomic mass is 16.1. The van der Waals surface area contributed by atoms with Crippen LogP contribution in [-0.4, -0.2) is 42.5 Å². The molecule has 1 amide bonds. The van der Waals surface area contributed by atoms with Gasteiger partial charge in [-0.1, -0.05) is 26.7 Å². The van der Waals surface area contributed by atoms with Gasteiger partial charge in [0.25, 0.3) is 0 Å². The molecular formula is C14H29N3O. The van der Waals surface area contributed by atoms with Crippen LogP contribution in [0.1, 0.15) is 52.4 Å². The quantitative estimate of drug-likeness (QED) is 0.646. The second kappa shape index (κ2) is 7.10. The van der Waals surface area contributed by atoms with Gasteiger partial charge in [0.1, 0.15) is 0 Å². The van der Waals surface area contributed by atoms with Crippen LogP contribution >= 0.6 is 0 Å². The molecule has 18 heavy (non-hydrogen) atoms. The largest absolute Gasteiger partial charge is 0.368 e. The second-order valence-electron chi connectivity index (χ2n) is 5.56. The molecule has 0 spiro atoms. The highest BCUT2D eigenvalue weighted by molar-refractivity contribution is 5.85. The van der Waals surface area contributed by atoms with Crippen molar-refractivity contribution in [3.05, 3.63) is 0 Å². The van der Waals surface area contributed by atoms with E-state index in [2.05, 4.69) is 24.2 Å². The molecule has 0 heterocycles. The number of nitrogens with zero attached hydrogens (tertiary/aromatic N) is 1. The first-order chi connectivity index (χ1) is 8.55. The summed E-state index contributed by atoms with van der Waals surface area (Å²) in [7, 11) is 2.17. The van der Waals surface area contributed by atoms with Gasteiger partial charge in [0.05, 0.1) is 5.54 Å². The Hall–Kier alpha value is -0.610. The van der Waals surface area contributed by atoms with Crippen molar-refractivity contribution in [2.45, 2.75) is 64.0 Å². The number of likely N-dealkylation sites (N-methyl/N-ethyl adjacent to an activating group) is 1. The van der Waals surface area contributed by atoms with E-state index in [9.17, 15) is 4.79 Å². The van der Waals surface area contributed by atoms with Gasteiger partial charge in [-0.05, 0) is 45.8 Å². The van der Waals surface area contributed by atoms with E-state index < -0.39 is 5.54 Å². The predicted octanol–water partition coefficient (Wildman–Crippen LogP) is 1.49. The Kier molecular flexibility index (Phi) is 6.09. The molecule has 0 bridgehead atoms. The average Bonchev–Trinajstić information content (AvgIpc) is 2.75. The van der Waals surface area contributed by atoms with Gasteiger partial charge in [-0.3, -0.25) is 4.79 Å². The van der Waals surface area contributed by atoms with Crippen molar-refractivity contribution in [3.8, 4) is 0 Å². The van der Waals surface area contributed by atoms with Crippen LogP contribution in [0, 0.1) is 0 Å². The molecule has 0 aromatic rings. The fraction of sp³-hybridized carbons (Fsp3) is 0.929. The molecule has 0 radical (unpaired) electrons. The Morgan fingerprint density at radius 1 is 1.44 bits per heavy atom. The van der Waals surface area contributed by atoms with E-state index >= 15 is 0 Å². The fourth-order valence-corrected chi connectivity index (χ4v) is 3.00. The van der Waals surface area contributed by atoms with Gasteiger partial charge in [0.15, 0.2) is 0 Å².